The first kappa shape index (κ1) is 30.3. The van der Waals surface area contributed by atoms with E-state index in [1.54, 1.807) is 0 Å². The Morgan fingerprint density at radius 1 is 1.10 bits per heavy atom. The minimum Gasteiger partial charge on any atom is -0.493 e. The zero-order valence-electron chi connectivity index (χ0n) is 24.6. The molecule has 3 atom stereocenters. The zero-order valence-corrected chi connectivity index (χ0v) is 24.6. The van der Waals surface area contributed by atoms with Gasteiger partial charge in [0.15, 0.2) is 0 Å². The van der Waals surface area contributed by atoms with E-state index in [4.69, 9.17) is 4.74 Å². The van der Waals surface area contributed by atoms with Gasteiger partial charge < -0.3 is 24.5 Å². The number of amides is 2. The van der Waals surface area contributed by atoms with Crippen molar-refractivity contribution in [2.24, 2.45) is 5.92 Å². The second-order valence-corrected chi connectivity index (χ2v) is 12.0. The zero-order chi connectivity index (χ0) is 28.6. The summed E-state index contributed by atoms with van der Waals surface area (Å²) >= 11 is 0. The Morgan fingerprint density at radius 2 is 1.90 bits per heavy atom. The number of nitrogens with zero attached hydrogens (tertiary/aromatic N) is 4. The third kappa shape index (κ3) is 7.55. The quantitative estimate of drug-likeness (QED) is 0.355. The molecule has 3 aliphatic rings. The predicted molar refractivity (Wildman–Crippen MR) is 155 cm³/mol. The third-order valence-corrected chi connectivity index (χ3v) is 8.78. The Hall–Kier alpha value is -2.65. The van der Waals surface area contributed by atoms with Gasteiger partial charge in [0.05, 0.1) is 19.1 Å². The average molecular weight is 557 g/mol. The van der Waals surface area contributed by atoms with Crippen LogP contribution in [0.2, 0.25) is 0 Å². The number of carbonyl (C=O) groups is 3. The van der Waals surface area contributed by atoms with Crippen LogP contribution in [0.15, 0.2) is 18.2 Å². The Balaban J connectivity index is 1.52. The summed E-state index contributed by atoms with van der Waals surface area (Å²) in [7, 11) is 4.08. The van der Waals surface area contributed by atoms with Crippen LogP contribution in [-0.4, -0.2) is 115 Å². The second kappa shape index (κ2) is 14.3. The summed E-state index contributed by atoms with van der Waals surface area (Å²) in [6.45, 7) is 7.35. The smallest absolute Gasteiger partial charge is 0.308 e. The molecule has 1 aromatic carbocycles. The van der Waals surface area contributed by atoms with Crippen LogP contribution in [0.3, 0.4) is 0 Å². The second-order valence-electron chi connectivity index (χ2n) is 12.0. The van der Waals surface area contributed by atoms with Crippen LogP contribution in [0.1, 0.15) is 68.9 Å². The van der Waals surface area contributed by atoms with E-state index in [9.17, 15) is 19.5 Å². The molecule has 40 heavy (non-hydrogen) atoms. The molecular formula is C31H48N4O5. The molecule has 222 valence electrons. The molecule has 4 rings (SSSR count). The molecular weight excluding hydrogens is 508 g/mol. The van der Waals surface area contributed by atoms with Gasteiger partial charge in [-0.05, 0) is 69.9 Å². The molecule has 0 saturated carbocycles. The summed E-state index contributed by atoms with van der Waals surface area (Å²) in [6, 6.07) is 5.83. The summed E-state index contributed by atoms with van der Waals surface area (Å²) in [5.74, 6) is -0.466. The number of hydrogen-bond donors (Lipinski definition) is 1. The van der Waals surface area contributed by atoms with Crippen LogP contribution in [-0.2, 0) is 20.8 Å². The normalized spacial score (nSPS) is 22.6. The van der Waals surface area contributed by atoms with Gasteiger partial charge in [-0.3, -0.25) is 19.3 Å². The van der Waals surface area contributed by atoms with E-state index in [0.717, 1.165) is 75.0 Å². The van der Waals surface area contributed by atoms with Crippen LogP contribution in [0.25, 0.3) is 0 Å². The van der Waals surface area contributed by atoms with Crippen LogP contribution >= 0.6 is 0 Å². The lowest BCUT2D eigenvalue weighted by molar-refractivity contribution is -0.144. The number of unbranched alkanes of at least 4 members (excludes halogenated alkanes) is 1. The van der Waals surface area contributed by atoms with Gasteiger partial charge in [0.1, 0.15) is 5.75 Å². The summed E-state index contributed by atoms with van der Waals surface area (Å²) in [4.78, 5) is 46.8. The molecule has 0 bridgehead atoms. The van der Waals surface area contributed by atoms with Crippen molar-refractivity contribution in [2.75, 3.05) is 66.5 Å². The summed E-state index contributed by atoms with van der Waals surface area (Å²) in [5, 5.41) is 10.5. The number of fused-ring (bicyclic) bond motifs is 1. The number of aliphatic carboxylic acids is 1. The predicted octanol–water partition coefficient (Wildman–Crippen LogP) is 3.07. The fraction of sp³-hybridized carbons (Fsp3) is 0.710. The van der Waals surface area contributed by atoms with Crippen LogP contribution in [0.5, 0.6) is 5.75 Å². The van der Waals surface area contributed by atoms with Crippen molar-refractivity contribution in [2.45, 2.75) is 70.3 Å². The van der Waals surface area contributed by atoms with E-state index in [1.807, 2.05) is 36.0 Å². The number of carboxylic acids is 1. The molecule has 0 aromatic heterocycles. The minimum atomic E-state index is -0.812. The first-order valence-corrected chi connectivity index (χ1v) is 15.2. The number of likely N-dealkylation sites (tertiary alicyclic amines) is 2. The lowest BCUT2D eigenvalue weighted by Crippen LogP contribution is -2.45. The molecule has 0 radical (unpaired) electrons. The van der Waals surface area contributed by atoms with E-state index in [0.29, 0.717) is 39.1 Å². The van der Waals surface area contributed by atoms with Gasteiger partial charge in [0, 0.05) is 57.5 Å². The largest absolute Gasteiger partial charge is 0.493 e. The van der Waals surface area contributed by atoms with Crippen molar-refractivity contribution >= 4 is 17.8 Å². The fourth-order valence-electron chi connectivity index (χ4n) is 6.62. The van der Waals surface area contributed by atoms with Gasteiger partial charge in [-0.2, -0.15) is 0 Å². The third-order valence-electron chi connectivity index (χ3n) is 8.78. The molecule has 9 nitrogen and oxygen atoms in total. The molecule has 0 unspecified atom stereocenters. The molecule has 0 spiro atoms. The van der Waals surface area contributed by atoms with E-state index in [-0.39, 0.29) is 30.3 Å². The number of carbonyl (C=O) groups excluding carboxylic acids is 2. The topological polar surface area (TPSA) is 93.6 Å². The maximum absolute atomic E-state index is 13.7. The lowest BCUT2D eigenvalue weighted by atomic mass is 9.83. The first-order chi connectivity index (χ1) is 19.3. The molecule has 0 aliphatic carbocycles. The maximum atomic E-state index is 13.7. The molecule has 2 fully saturated rings. The molecule has 9 heteroatoms. The van der Waals surface area contributed by atoms with Crippen molar-refractivity contribution < 1.29 is 24.2 Å². The van der Waals surface area contributed by atoms with Crippen LogP contribution < -0.4 is 4.74 Å². The maximum Gasteiger partial charge on any atom is 0.308 e. The van der Waals surface area contributed by atoms with Crippen molar-refractivity contribution in [1.82, 2.24) is 19.6 Å². The van der Waals surface area contributed by atoms with Crippen LogP contribution in [0, 0.1) is 5.92 Å². The number of hydrogen-bond acceptors (Lipinski definition) is 6. The monoisotopic (exact) mass is 556 g/mol. The molecule has 3 heterocycles. The SMILES string of the molecule is CCCCN(CCCN(C)C)C(=O)CN1C[C@H](c2ccc3c(c2)CCO3)[C@@H](C(=O)O)[C@@H]1CCCN1CCCC1=O. The molecule has 2 amide bonds. The van der Waals surface area contributed by atoms with Gasteiger partial charge in [0.2, 0.25) is 11.8 Å². The highest BCUT2D eigenvalue weighted by Gasteiger charge is 2.47. The first-order valence-electron chi connectivity index (χ1n) is 15.2. The minimum absolute atomic E-state index is 0.0825. The summed E-state index contributed by atoms with van der Waals surface area (Å²) in [5.41, 5.74) is 2.15. The highest BCUT2D eigenvalue weighted by molar-refractivity contribution is 5.79. The molecule has 3 aliphatic heterocycles. The van der Waals surface area contributed by atoms with Crippen LogP contribution in [0.4, 0.5) is 0 Å². The van der Waals surface area contributed by atoms with Crippen molar-refractivity contribution in [1.29, 1.82) is 0 Å². The highest BCUT2D eigenvalue weighted by Crippen LogP contribution is 2.41. The fourth-order valence-corrected chi connectivity index (χ4v) is 6.62. The van der Waals surface area contributed by atoms with E-state index >= 15 is 0 Å². The summed E-state index contributed by atoms with van der Waals surface area (Å²) in [6.07, 6.45) is 6.60. The van der Waals surface area contributed by atoms with Gasteiger partial charge >= 0.3 is 5.97 Å². The highest BCUT2D eigenvalue weighted by atomic mass is 16.5. The molecule has 1 aromatic rings. The Labute approximate surface area is 239 Å². The van der Waals surface area contributed by atoms with Crippen molar-refractivity contribution in [3.05, 3.63) is 29.3 Å². The van der Waals surface area contributed by atoms with Crippen molar-refractivity contribution in [3.8, 4) is 5.75 Å². The van der Waals surface area contributed by atoms with Crippen molar-refractivity contribution in [3.63, 3.8) is 0 Å². The van der Waals surface area contributed by atoms with Gasteiger partial charge in [0.25, 0.3) is 0 Å². The lowest BCUT2D eigenvalue weighted by Gasteiger charge is -2.30. The Bertz CT molecular complexity index is 1030. The Kier molecular flexibility index (Phi) is 10.8. The van der Waals surface area contributed by atoms with Gasteiger partial charge in [-0.15, -0.1) is 0 Å². The number of benzene rings is 1. The van der Waals surface area contributed by atoms with E-state index in [2.05, 4.69) is 22.8 Å². The van der Waals surface area contributed by atoms with Gasteiger partial charge in [-0.1, -0.05) is 25.5 Å². The number of rotatable bonds is 15. The molecule has 1 N–H and O–H groups in total. The Morgan fingerprint density at radius 3 is 2.60 bits per heavy atom. The summed E-state index contributed by atoms with van der Waals surface area (Å²) < 4.78 is 5.69. The van der Waals surface area contributed by atoms with E-state index in [1.165, 1.54) is 0 Å². The van der Waals surface area contributed by atoms with E-state index < -0.39 is 11.9 Å². The number of carboxylic acid groups (broad SMARTS) is 1. The molecule has 2 saturated heterocycles. The average Bonchev–Trinajstić information content (AvgIpc) is 3.64. The van der Waals surface area contributed by atoms with Gasteiger partial charge in [-0.25, -0.2) is 0 Å². The standard InChI is InChI=1S/C31H48N4O5/c1-4-5-15-34(18-8-14-32(2)3)29(37)22-35-21-25(23-11-12-27-24(20-23)13-19-40-27)30(31(38)39)26(35)9-6-16-33-17-7-10-28(33)36/h11-12,20,25-26,30H,4-10,13-19,21-22H2,1-3H3,(H,38,39)/t25-,26+,30-/m1/s1. The number of ether oxygens (including phenoxy) is 1.